The Kier molecular flexibility index (Phi) is 5.03. The number of morpholine rings is 1. The van der Waals surface area contributed by atoms with Gasteiger partial charge >= 0.3 is 0 Å². The van der Waals surface area contributed by atoms with Crippen molar-refractivity contribution in [2.24, 2.45) is 0 Å². The zero-order valence-electron chi connectivity index (χ0n) is 10.5. The molecule has 0 aromatic carbocycles. The molecule has 0 amide bonds. The van der Waals surface area contributed by atoms with Gasteiger partial charge in [0, 0.05) is 34.7 Å². The second kappa shape index (κ2) is 6.32. The van der Waals surface area contributed by atoms with Crippen LogP contribution in [0.2, 0.25) is 0 Å². The Hall–Kier alpha value is 0.1000. The van der Waals surface area contributed by atoms with Crippen molar-refractivity contribution < 1.29 is 4.74 Å². The van der Waals surface area contributed by atoms with Gasteiger partial charge in [-0.05, 0) is 25.5 Å². The monoisotopic (exact) mass is 317 g/mol. The van der Waals surface area contributed by atoms with Crippen LogP contribution >= 0.6 is 27.3 Å². The van der Waals surface area contributed by atoms with Crippen LogP contribution in [-0.2, 0) is 17.7 Å². The van der Waals surface area contributed by atoms with E-state index in [9.17, 15) is 0 Å². The van der Waals surface area contributed by atoms with E-state index in [1.807, 2.05) is 11.3 Å². The molecule has 0 aliphatic carbocycles. The van der Waals surface area contributed by atoms with Crippen molar-refractivity contribution in [2.75, 3.05) is 18.4 Å². The van der Waals surface area contributed by atoms with Crippen molar-refractivity contribution in [2.45, 2.75) is 39.0 Å². The summed E-state index contributed by atoms with van der Waals surface area (Å²) in [6.07, 6.45) is 1.83. The first kappa shape index (κ1) is 13.5. The van der Waals surface area contributed by atoms with Gasteiger partial charge in [-0.25, -0.2) is 0 Å². The third-order valence-corrected chi connectivity index (χ3v) is 4.96. The molecule has 2 rings (SSSR count). The predicted octanol–water partition coefficient (Wildman–Crippen LogP) is 3.29. The minimum Gasteiger partial charge on any atom is -0.372 e. The Bertz CT molecular complexity index is 355. The fourth-order valence-corrected chi connectivity index (χ4v) is 3.63. The highest BCUT2D eigenvalue weighted by Crippen LogP contribution is 2.21. The number of nitrogens with zero attached hydrogens (tertiary/aromatic N) is 1. The quantitative estimate of drug-likeness (QED) is 0.790. The first-order valence-electron chi connectivity index (χ1n) is 6.22. The molecule has 1 aromatic heterocycles. The molecular weight excluding hydrogens is 298 g/mol. The van der Waals surface area contributed by atoms with Gasteiger partial charge in [0.05, 0.1) is 12.2 Å². The van der Waals surface area contributed by atoms with E-state index in [0.717, 1.165) is 31.4 Å². The third kappa shape index (κ3) is 3.78. The molecule has 2 atom stereocenters. The Balaban J connectivity index is 1.93. The first-order valence-corrected chi connectivity index (χ1v) is 8.16. The van der Waals surface area contributed by atoms with E-state index in [4.69, 9.17) is 4.74 Å². The molecule has 96 valence electrons. The Labute approximate surface area is 116 Å². The van der Waals surface area contributed by atoms with Crippen LogP contribution in [0.3, 0.4) is 0 Å². The molecule has 0 N–H and O–H groups in total. The molecule has 0 saturated carbocycles. The molecule has 1 saturated heterocycles. The molecule has 2 heterocycles. The smallest absolute Gasteiger partial charge is 0.0802 e. The van der Waals surface area contributed by atoms with Gasteiger partial charge in [-0.2, -0.15) is 0 Å². The van der Waals surface area contributed by atoms with Gasteiger partial charge in [0.2, 0.25) is 0 Å². The van der Waals surface area contributed by atoms with Gasteiger partial charge in [-0.3, -0.25) is 4.90 Å². The topological polar surface area (TPSA) is 12.5 Å². The highest BCUT2D eigenvalue weighted by atomic mass is 79.9. The van der Waals surface area contributed by atoms with E-state index in [2.05, 4.69) is 46.8 Å². The van der Waals surface area contributed by atoms with E-state index < -0.39 is 0 Å². The Morgan fingerprint density at radius 2 is 2.18 bits per heavy atom. The van der Waals surface area contributed by atoms with Crippen molar-refractivity contribution >= 4 is 27.3 Å². The lowest BCUT2D eigenvalue weighted by atomic mass is 10.2. The minimum absolute atomic E-state index is 0.337. The second-order valence-electron chi connectivity index (χ2n) is 4.64. The SMILES string of the molecule is CCc1ccc(CN2CC(C)OC(CBr)C2)s1. The zero-order chi connectivity index (χ0) is 12.3. The van der Waals surface area contributed by atoms with E-state index in [1.165, 1.54) is 9.75 Å². The molecule has 17 heavy (non-hydrogen) atoms. The zero-order valence-corrected chi connectivity index (χ0v) is 12.9. The number of aryl methyl sites for hydroxylation is 1. The van der Waals surface area contributed by atoms with E-state index in [-0.39, 0.29) is 0 Å². The first-order chi connectivity index (χ1) is 8.21. The van der Waals surface area contributed by atoms with Crippen molar-refractivity contribution in [1.29, 1.82) is 0 Å². The molecule has 2 nitrogen and oxygen atoms in total. The molecule has 1 fully saturated rings. The van der Waals surface area contributed by atoms with Gasteiger partial charge < -0.3 is 4.74 Å². The number of thiophene rings is 1. The molecule has 0 bridgehead atoms. The average molecular weight is 318 g/mol. The normalized spacial score (nSPS) is 26.3. The van der Waals surface area contributed by atoms with Crippen LogP contribution in [0.5, 0.6) is 0 Å². The summed E-state index contributed by atoms with van der Waals surface area (Å²) in [5, 5.41) is 0.929. The number of rotatable bonds is 4. The largest absolute Gasteiger partial charge is 0.372 e. The fraction of sp³-hybridized carbons (Fsp3) is 0.692. The number of alkyl halides is 1. The lowest BCUT2D eigenvalue weighted by Crippen LogP contribution is -2.46. The average Bonchev–Trinajstić information content (AvgIpc) is 2.76. The summed E-state index contributed by atoms with van der Waals surface area (Å²) >= 11 is 5.46. The third-order valence-electron chi connectivity index (χ3n) is 3.02. The van der Waals surface area contributed by atoms with Crippen LogP contribution in [-0.4, -0.2) is 35.5 Å². The summed E-state index contributed by atoms with van der Waals surface area (Å²) in [4.78, 5) is 5.47. The van der Waals surface area contributed by atoms with Gasteiger partial charge in [-0.15, -0.1) is 11.3 Å². The minimum atomic E-state index is 0.337. The van der Waals surface area contributed by atoms with Crippen LogP contribution in [0.1, 0.15) is 23.6 Å². The van der Waals surface area contributed by atoms with Gasteiger partial charge in [-0.1, -0.05) is 22.9 Å². The number of hydrogen-bond acceptors (Lipinski definition) is 3. The van der Waals surface area contributed by atoms with Gasteiger partial charge in [0.15, 0.2) is 0 Å². The number of hydrogen-bond donors (Lipinski definition) is 0. The van der Waals surface area contributed by atoms with Crippen LogP contribution in [0.15, 0.2) is 12.1 Å². The van der Waals surface area contributed by atoms with Crippen molar-refractivity contribution in [3.05, 3.63) is 21.9 Å². The fourth-order valence-electron chi connectivity index (χ4n) is 2.27. The van der Waals surface area contributed by atoms with E-state index in [0.29, 0.717) is 12.2 Å². The number of halogens is 1. The summed E-state index contributed by atoms with van der Waals surface area (Å²) in [6.45, 7) is 7.53. The summed E-state index contributed by atoms with van der Waals surface area (Å²) < 4.78 is 5.84. The van der Waals surface area contributed by atoms with Crippen LogP contribution < -0.4 is 0 Å². The predicted molar refractivity (Wildman–Crippen MR) is 77.1 cm³/mol. The van der Waals surface area contributed by atoms with Crippen LogP contribution in [0, 0.1) is 0 Å². The maximum absolute atomic E-state index is 5.84. The van der Waals surface area contributed by atoms with Crippen LogP contribution in [0.25, 0.3) is 0 Å². The van der Waals surface area contributed by atoms with E-state index in [1.54, 1.807) is 0 Å². The molecule has 0 radical (unpaired) electrons. The molecular formula is C13H20BrNOS. The van der Waals surface area contributed by atoms with Crippen molar-refractivity contribution in [3.63, 3.8) is 0 Å². The highest BCUT2D eigenvalue weighted by Gasteiger charge is 2.24. The lowest BCUT2D eigenvalue weighted by Gasteiger charge is -2.35. The van der Waals surface area contributed by atoms with Gasteiger partial charge in [0.25, 0.3) is 0 Å². The molecule has 4 heteroatoms. The maximum Gasteiger partial charge on any atom is 0.0802 e. The number of ether oxygens (including phenoxy) is 1. The van der Waals surface area contributed by atoms with Crippen molar-refractivity contribution in [3.8, 4) is 0 Å². The summed E-state index contributed by atoms with van der Waals surface area (Å²) in [5.41, 5.74) is 0. The highest BCUT2D eigenvalue weighted by molar-refractivity contribution is 9.09. The molecule has 1 aromatic rings. The molecule has 1 aliphatic heterocycles. The van der Waals surface area contributed by atoms with E-state index >= 15 is 0 Å². The standard InChI is InChI=1S/C13H20BrNOS/c1-3-12-4-5-13(17-12)9-15-7-10(2)16-11(6-14)8-15/h4-5,10-11H,3,6-9H2,1-2H3. The summed E-state index contributed by atoms with van der Waals surface area (Å²) in [5.74, 6) is 0. The second-order valence-corrected chi connectivity index (χ2v) is 6.54. The summed E-state index contributed by atoms with van der Waals surface area (Å²) in [6, 6.07) is 4.53. The molecule has 1 aliphatic rings. The maximum atomic E-state index is 5.84. The Morgan fingerprint density at radius 1 is 1.41 bits per heavy atom. The van der Waals surface area contributed by atoms with Crippen LogP contribution in [0.4, 0.5) is 0 Å². The lowest BCUT2D eigenvalue weighted by molar-refractivity contribution is -0.0675. The Morgan fingerprint density at radius 3 is 2.82 bits per heavy atom. The molecule has 2 unspecified atom stereocenters. The van der Waals surface area contributed by atoms with Crippen molar-refractivity contribution in [1.82, 2.24) is 4.90 Å². The molecule has 0 spiro atoms. The van der Waals surface area contributed by atoms with Gasteiger partial charge in [0.1, 0.15) is 0 Å². The summed E-state index contributed by atoms with van der Waals surface area (Å²) in [7, 11) is 0.